The third-order valence-corrected chi connectivity index (χ3v) is 3.17. The molecule has 108 valence electrons. The van der Waals surface area contributed by atoms with Gasteiger partial charge < -0.3 is 10.5 Å². The maximum absolute atomic E-state index is 12.0. The highest BCUT2D eigenvalue weighted by atomic mass is 16.5. The Kier molecular flexibility index (Phi) is 4.95. The van der Waals surface area contributed by atoms with Crippen molar-refractivity contribution >= 4 is 0 Å². The molecular weight excluding hydrogens is 256 g/mol. The summed E-state index contributed by atoms with van der Waals surface area (Å²) in [6, 6.07) is 7.41. The van der Waals surface area contributed by atoms with Crippen LogP contribution >= 0.6 is 0 Å². The summed E-state index contributed by atoms with van der Waals surface area (Å²) in [6.45, 7) is 0.694. The van der Waals surface area contributed by atoms with E-state index >= 15 is 0 Å². The van der Waals surface area contributed by atoms with Crippen LogP contribution in [0.5, 0.6) is 5.75 Å². The Balaban J connectivity index is 2.27. The first-order valence-corrected chi connectivity index (χ1v) is 6.77. The molecule has 0 fully saturated rings. The summed E-state index contributed by atoms with van der Waals surface area (Å²) >= 11 is 0. The second kappa shape index (κ2) is 6.91. The summed E-state index contributed by atoms with van der Waals surface area (Å²) in [7, 11) is 1.59. The van der Waals surface area contributed by atoms with E-state index in [1.54, 1.807) is 11.7 Å². The number of rotatable bonds is 7. The quantitative estimate of drug-likeness (QED) is 0.745. The van der Waals surface area contributed by atoms with Crippen molar-refractivity contribution in [3.8, 4) is 11.4 Å². The number of ether oxygens (including phenoxy) is 1. The predicted octanol–water partition coefficient (Wildman–Crippen LogP) is 1.24. The maximum Gasteiger partial charge on any atom is 0.348 e. The average Bonchev–Trinajstić information content (AvgIpc) is 2.84. The highest BCUT2D eigenvalue weighted by Gasteiger charge is 2.13. The molecule has 6 heteroatoms. The Labute approximate surface area is 117 Å². The zero-order valence-corrected chi connectivity index (χ0v) is 11.6. The van der Waals surface area contributed by atoms with Crippen LogP contribution in [-0.4, -0.2) is 28.4 Å². The minimum absolute atomic E-state index is 0.247. The number of nitrogens with zero attached hydrogens (tertiary/aromatic N) is 2. The first kappa shape index (κ1) is 14.3. The number of nitrogens with one attached hydrogen (secondary N) is 1. The summed E-state index contributed by atoms with van der Waals surface area (Å²) in [5.74, 6) is 1.37. The fourth-order valence-corrected chi connectivity index (χ4v) is 2.16. The summed E-state index contributed by atoms with van der Waals surface area (Å²) in [5.41, 5.74) is 5.94. The Hall–Kier alpha value is -2.08. The van der Waals surface area contributed by atoms with Crippen LogP contribution < -0.4 is 16.2 Å². The fourth-order valence-electron chi connectivity index (χ4n) is 2.16. The molecule has 0 aliphatic carbocycles. The summed E-state index contributed by atoms with van der Waals surface area (Å²) in [4.78, 5) is 12.0. The monoisotopic (exact) mass is 276 g/mol. The predicted molar refractivity (Wildman–Crippen MR) is 77.3 cm³/mol. The molecule has 0 atom stereocenters. The van der Waals surface area contributed by atoms with Crippen molar-refractivity contribution in [3.05, 3.63) is 40.6 Å². The van der Waals surface area contributed by atoms with Crippen molar-refractivity contribution in [2.24, 2.45) is 5.73 Å². The molecule has 0 saturated heterocycles. The number of aromatic amines is 1. The molecule has 3 N–H and O–H groups in total. The number of para-hydroxylation sites is 2. The van der Waals surface area contributed by atoms with Gasteiger partial charge in [0, 0.05) is 6.42 Å². The van der Waals surface area contributed by atoms with Crippen molar-refractivity contribution in [2.75, 3.05) is 13.7 Å². The molecule has 1 aromatic carbocycles. The van der Waals surface area contributed by atoms with Gasteiger partial charge in [0.15, 0.2) is 0 Å². The number of methoxy groups -OCH3 is 1. The third kappa shape index (κ3) is 3.08. The van der Waals surface area contributed by atoms with Crippen molar-refractivity contribution in [2.45, 2.75) is 25.7 Å². The van der Waals surface area contributed by atoms with Crippen LogP contribution in [-0.2, 0) is 6.42 Å². The largest absolute Gasteiger partial charge is 0.495 e. The van der Waals surface area contributed by atoms with E-state index < -0.39 is 0 Å². The lowest BCUT2D eigenvalue weighted by molar-refractivity contribution is 0.412. The number of hydrogen-bond acceptors (Lipinski definition) is 4. The Morgan fingerprint density at radius 1 is 1.30 bits per heavy atom. The lowest BCUT2D eigenvalue weighted by Crippen LogP contribution is -2.17. The third-order valence-electron chi connectivity index (χ3n) is 3.17. The molecule has 0 radical (unpaired) electrons. The van der Waals surface area contributed by atoms with Crippen LogP contribution in [0.3, 0.4) is 0 Å². The van der Waals surface area contributed by atoms with Gasteiger partial charge in [-0.25, -0.2) is 14.5 Å². The standard InChI is InChI=1S/C14H20N4O2/c1-20-12-8-5-4-7-11(12)18-13(16-17-14(18)19)9-3-2-6-10-15/h4-5,7-8H,2-3,6,9-10,15H2,1H3,(H,17,19). The van der Waals surface area contributed by atoms with E-state index in [9.17, 15) is 4.79 Å². The zero-order chi connectivity index (χ0) is 14.4. The molecule has 2 rings (SSSR count). The van der Waals surface area contributed by atoms with Gasteiger partial charge in [-0.15, -0.1) is 0 Å². The topological polar surface area (TPSA) is 85.9 Å². The van der Waals surface area contributed by atoms with Gasteiger partial charge in [-0.05, 0) is 31.5 Å². The van der Waals surface area contributed by atoms with Gasteiger partial charge in [-0.2, -0.15) is 5.10 Å². The second-order valence-corrected chi connectivity index (χ2v) is 4.55. The average molecular weight is 276 g/mol. The first-order valence-electron chi connectivity index (χ1n) is 6.77. The molecule has 1 heterocycles. The van der Waals surface area contributed by atoms with E-state index in [1.807, 2.05) is 24.3 Å². The molecule has 2 aromatic rings. The summed E-state index contributed by atoms with van der Waals surface area (Å²) in [5, 5.41) is 6.61. The summed E-state index contributed by atoms with van der Waals surface area (Å²) in [6.07, 6.45) is 3.71. The van der Waals surface area contributed by atoms with Crippen molar-refractivity contribution in [3.63, 3.8) is 0 Å². The molecule has 6 nitrogen and oxygen atoms in total. The number of unbranched alkanes of at least 4 members (excludes halogenated alkanes) is 2. The minimum atomic E-state index is -0.247. The van der Waals surface area contributed by atoms with Gasteiger partial charge in [0.1, 0.15) is 11.6 Å². The Morgan fingerprint density at radius 3 is 2.85 bits per heavy atom. The molecule has 0 aliphatic heterocycles. The van der Waals surface area contributed by atoms with Crippen LogP contribution in [0.4, 0.5) is 0 Å². The van der Waals surface area contributed by atoms with Crippen LogP contribution in [0.2, 0.25) is 0 Å². The van der Waals surface area contributed by atoms with E-state index in [2.05, 4.69) is 10.2 Å². The highest BCUT2D eigenvalue weighted by Crippen LogP contribution is 2.21. The van der Waals surface area contributed by atoms with E-state index in [0.717, 1.165) is 31.5 Å². The highest BCUT2D eigenvalue weighted by molar-refractivity contribution is 5.46. The van der Waals surface area contributed by atoms with Crippen molar-refractivity contribution in [1.82, 2.24) is 14.8 Å². The van der Waals surface area contributed by atoms with Crippen molar-refractivity contribution in [1.29, 1.82) is 0 Å². The lowest BCUT2D eigenvalue weighted by atomic mass is 10.2. The van der Waals surface area contributed by atoms with Crippen LogP contribution in [0.25, 0.3) is 5.69 Å². The van der Waals surface area contributed by atoms with E-state index in [1.165, 1.54) is 0 Å². The Morgan fingerprint density at radius 2 is 2.10 bits per heavy atom. The molecule has 0 aliphatic rings. The number of aromatic nitrogens is 3. The number of hydrogen-bond donors (Lipinski definition) is 2. The SMILES string of the molecule is COc1ccccc1-n1c(CCCCCN)n[nH]c1=O. The first-order chi connectivity index (χ1) is 9.77. The molecule has 0 unspecified atom stereocenters. The second-order valence-electron chi connectivity index (χ2n) is 4.55. The van der Waals surface area contributed by atoms with Gasteiger partial charge >= 0.3 is 5.69 Å². The minimum Gasteiger partial charge on any atom is -0.495 e. The normalized spacial score (nSPS) is 10.7. The van der Waals surface area contributed by atoms with Crippen LogP contribution in [0.15, 0.2) is 29.1 Å². The van der Waals surface area contributed by atoms with Gasteiger partial charge in [0.05, 0.1) is 12.8 Å². The van der Waals surface area contributed by atoms with E-state index in [4.69, 9.17) is 10.5 Å². The number of nitrogens with two attached hydrogens (primary N) is 1. The van der Waals surface area contributed by atoms with Gasteiger partial charge in [0.25, 0.3) is 0 Å². The van der Waals surface area contributed by atoms with E-state index in [-0.39, 0.29) is 5.69 Å². The van der Waals surface area contributed by atoms with Crippen LogP contribution in [0, 0.1) is 0 Å². The van der Waals surface area contributed by atoms with Gasteiger partial charge in [-0.1, -0.05) is 18.6 Å². The number of H-pyrrole nitrogens is 1. The van der Waals surface area contributed by atoms with Crippen LogP contribution in [0.1, 0.15) is 25.1 Å². The fraction of sp³-hybridized carbons (Fsp3) is 0.429. The lowest BCUT2D eigenvalue weighted by Gasteiger charge is -2.10. The van der Waals surface area contributed by atoms with Gasteiger partial charge in [-0.3, -0.25) is 0 Å². The zero-order valence-electron chi connectivity index (χ0n) is 11.6. The van der Waals surface area contributed by atoms with Crippen molar-refractivity contribution < 1.29 is 4.74 Å². The van der Waals surface area contributed by atoms with E-state index in [0.29, 0.717) is 18.0 Å². The number of benzene rings is 1. The molecule has 0 bridgehead atoms. The summed E-state index contributed by atoms with van der Waals surface area (Å²) < 4.78 is 6.87. The molecule has 1 aromatic heterocycles. The van der Waals surface area contributed by atoms with Gasteiger partial charge in [0.2, 0.25) is 0 Å². The number of aryl methyl sites for hydroxylation is 1. The molecular formula is C14H20N4O2. The Bertz CT molecular complexity index is 603. The molecule has 0 spiro atoms. The molecule has 0 saturated carbocycles. The smallest absolute Gasteiger partial charge is 0.348 e. The maximum atomic E-state index is 12.0. The molecule has 0 amide bonds. The molecule has 20 heavy (non-hydrogen) atoms.